The summed E-state index contributed by atoms with van der Waals surface area (Å²) in [6, 6.07) is 16.7. The van der Waals surface area contributed by atoms with Crippen LogP contribution in [0.25, 0.3) is 10.9 Å². The minimum absolute atomic E-state index is 0.102. The topological polar surface area (TPSA) is 91.4 Å². The first kappa shape index (κ1) is 26.1. The summed E-state index contributed by atoms with van der Waals surface area (Å²) in [7, 11) is 0. The van der Waals surface area contributed by atoms with E-state index in [1.54, 1.807) is 12.1 Å². The van der Waals surface area contributed by atoms with E-state index in [0.717, 1.165) is 38.5 Å². The van der Waals surface area contributed by atoms with Crippen LogP contribution in [0.2, 0.25) is 0 Å². The summed E-state index contributed by atoms with van der Waals surface area (Å²) in [6.07, 6.45) is 5.62. The third-order valence-electron chi connectivity index (χ3n) is 7.24. The zero-order valence-electron chi connectivity index (χ0n) is 21.5. The Bertz CT molecular complexity index is 1230. The number of ether oxygens (including phenoxy) is 1. The van der Waals surface area contributed by atoms with Crippen molar-refractivity contribution >= 4 is 16.9 Å². The number of pyridine rings is 1. The zero-order valence-corrected chi connectivity index (χ0v) is 21.5. The minimum atomic E-state index is -0.818. The largest absolute Gasteiger partial charge is 0.424 e. The van der Waals surface area contributed by atoms with Crippen LogP contribution in [0, 0.1) is 5.92 Å². The molecule has 1 aromatic heterocycles. The summed E-state index contributed by atoms with van der Waals surface area (Å²) in [6.45, 7) is 6.32. The quantitative estimate of drug-likeness (QED) is 0.275. The molecular formula is C30H38N2O4. The van der Waals surface area contributed by atoms with Gasteiger partial charge in [-0.1, -0.05) is 62.6 Å². The highest BCUT2D eigenvalue weighted by Crippen LogP contribution is 2.34. The zero-order chi connectivity index (χ0) is 25.7. The lowest BCUT2D eigenvalue weighted by atomic mass is 9.89. The van der Waals surface area contributed by atoms with Gasteiger partial charge in [0.25, 0.3) is 0 Å². The highest BCUT2D eigenvalue weighted by atomic mass is 16.5. The lowest BCUT2D eigenvalue weighted by molar-refractivity contribution is -0.139. The van der Waals surface area contributed by atoms with Gasteiger partial charge in [0, 0.05) is 23.0 Å². The van der Waals surface area contributed by atoms with Crippen molar-refractivity contribution in [3.8, 4) is 5.75 Å². The second kappa shape index (κ2) is 11.4. The van der Waals surface area contributed by atoms with Gasteiger partial charge in [0.05, 0.1) is 17.5 Å². The average Bonchev–Trinajstić information content (AvgIpc) is 2.88. The predicted octanol–water partition coefficient (Wildman–Crippen LogP) is 5.44. The summed E-state index contributed by atoms with van der Waals surface area (Å²) in [5, 5.41) is 15.8. The summed E-state index contributed by atoms with van der Waals surface area (Å²) in [5.74, 6) is -0.0144. The number of hydrogen-bond donors (Lipinski definition) is 3. The van der Waals surface area contributed by atoms with Gasteiger partial charge < -0.3 is 20.1 Å². The second-order valence-corrected chi connectivity index (χ2v) is 10.7. The van der Waals surface area contributed by atoms with Crippen LogP contribution < -0.4 is 15.6 Å². The van der Waals surface area contributed by atoms with E-state index in [4.69, 9.17) is 4.74 Å². The number of aromatic amines is 1. The van der Waals surface area contributed by atoms with Crippen LogP contribution in [-0.2, 0) is 11.2 Å². The van der Waals surface area contributed by atoms with Crippen LogP contribution in [0.15, 0.2) is 59.4 Å². The summed E-state index contributed by atoms with van der Waals surface area (Å²) in [5.41, 5.74) is 1.84. The number of carbonyl (C=O) groups excluding carboxylic acids is 1. The first-order valence-corrected chi connectivity index (χ1v) is 13.1. The van der Waals surface area contributed by atoms with Crippen LogP contribution in [0.4, 0.5) is 0 Å². The molecule has 0 amide bonds. The van der Waals surface area contributed by atoms with E-state index in [9.17, 15) is 14.7 Å². The van der Waals surface area contributed by atoms with Gasteiger partial charge in [-0.25, -0.2) is 0 Å². The Morgan fingerprint density at radius 1 is 1.08 bits per heavy atom. The molecule has 3 N–H and O–H groups in total. The van der Waals surface area contributed by atoms with Gasteiger partial charge in [-0.05, 0) is 62.8 Å². The number of esters is 1. The average molecular weight is 491 g/mol. The Labute approximate surface area is 213 Å². The number of aromatic nitrogens is 1. The highest BCUT2D eigenvalue weighted by Gasteiger charge is 2.29. The van der Waals surface area contributed by atoms with Gasteiger partial charge in [0.1, 0.15) is 0 Å². The van der Waals surface area contributed by atoms with Crippen molar-refractivity contribution in [2.24, 2.45) is 5.92 Å². The molecule has 36 heavy (non-hydrogen) atoms. The van der Waals surface area contributed by atoms with E-state index < -0.39 is 6.10 Å². The van der Waals surface area contributed by atoms with Gasteiger partial charge in [0.2, 0.25) is 5.56 Å². The number of nitrogens with one attached hydrogen (secondary N) is 2. The Hall–Kier alpha value is -2.96. The molecule has 6 heteroatoms. The van der Waals surface area contributed by atoms with Gasteiger partial charge in [-0.2, -0.15) is 0 Å². The van der Waals surface area contributed by atoms with Gasteiger partial charge in [0.15, 0.2) is 5.75 Å². The summed E-state index contributed by atoms with van der Waals surface area (Å²) >= 11 is 0. The summed E-state index contributed by atoms with van der Waals surface area (Å²) < 4.78 is 5.78. The Kier molecular flexibility index (Phi) is 8.27. The molecule has 0 spiro atoms. The number of aliphatic hydroxyl groups excluding tert-OH is 1. The molecule has 0 saturated heterocycles. The fourth-order valence-electron chi connectivity index (χ4n) is 5.40. The van der Waals surface area contributed by atoms with Crippen molar-refractivity contribution in [1.29, 1.82) is 0 Å². The number of hydrogen-bond acceptors (Lipinski definition) is 5. The molecule has 0 radical (unpaired) electrons. The third-order valence-corrected chi connectivity index (χ3v) is 7.24. The Morgan fingerprint density at radius 3 is 2.50 bits per heavy atom. The minimum Gasteiger partial charge on any atom is -0.424 e. The lowest BCUT2D eigenvalue weighted by Crippen LogP contribution is -2.49. The molecule has 4 rings (SSSR count). The van der Waals surface area contributed by atoms with Crippen molar-refractivity contribution in [2.45, 2.75) is 83.4 Å². The van der Waals surface area contributed by atoms with E-state index in [2.05, 4.69) is 36.3 Å². The maximum atomic E-state index is 12.8. The fraction of sp³-hybridized carbons (Fsp3) is 0.467. The molecule has 6 nitrogen and oxygen atoms in total. The van der Waals surface area contributed by atoms with Crippen LogP contribution in [0.5, 0.6) is 5.75 Å². The van der Waals surface area contributed by atoms with E-state index in [1.165, 1.54) is 11.6 Å². The van der Waals surface area contributed by atoms with Crippen molar-refractivity contribution in [3.63, 3.8) is 0 Å². The molecule has 1 aliphatic carbocycles. The maximum Gasteiger partial charge on any atom is 0.314 e. The monoisotopic (exact) mass is 490 g/mol. The predicted molar refractivity (Wildman–Crippen MR) is 143 cm³/mol. The van der Waals surface area contributed by atoms with Gasteiger partial charge in [-0.3, -0.25) is 9.59 Å². The van der Waals surface area contributed by atoms with E-state index in [1.807, 2.05) is 31.2 Å². The molecule has 0 aliphatic heterocycles. The lowest BCUT2D eigenvalue weighted by Gasteiger charge is -2.34. The van der Waals surface area contributed by atoms with Crippen LogP contribution in [0.1, 0.15) is 76.5 Å². The molecule has 0 bridgehead atoms. The molecule has 3 aromatic rings. The number of H-pyrrole nitrogens is 1. The van der Waals surface area contributed by atoms with Crippen LogP contribution >= 0.6 is 0 Å². The van der Waals surface area contributed by atoms with Crippen molar-refractivity contribution < 1.29 is 14.6 Å². The van der Waals surface area contributed by atoms with Gasteiger partial charge >= 0.3 is 5.97 Å². The molecule has 1 aliphatic rings. The van der Waals surface area contributed by atoms with Crippen LogP contribution in [-0.4, -0.2) is 27.6 Å². The Morgan fingerprint density at radius 2 is 1.81 bits per heavy atom. The smallest absolute Gasteiger partial charge is 0.314 e. The molecule has 1 saturated carbocycles. The highest BCUT2D eigenvalue weighted by molar-refractivity contribution is 5.90. The first-order valence-electron chi connectivity index (χ1n) is 13.1. The van der Waals surface area contributed by atoms with E-state index >= 15 is 0 Å². The molecule has 2 unspecified atom stereocenters. The SMILES string of the molecule is CCC(NC(C)(C)Cc1ccccc1)C(O)c1ccc(OC(=O)C2CCCCC2)c2[nH]c(=O)ccc12. The molecular weight excluding hydrogens is 452 g/mol. The number of fused-ring (bicyclic) bond motifs is 1. The van der Waals surface area contributed by atoms with Crippen LogP contribution in [0.3, 0.4) is 0 Å². The van der Waals surface area contributed by atoms with E-state index in [-0.39, 0.29) is 29.0 Å². The molecule has 2 aromatic carbocycles. The Balaban J connectivity index is 1.59. The normalized spacial score (nSPS) is 16.6. The van der Waals surface area contributed by atoms with Crippen molar-refractivity contribution in [2.75, 3.05) is 0 Å². The molecule has 192 valence electrons. The first-order chi connectivity index (χ1) is 17.3. The van der Waals surface area contributed by atoms with Crippen molar-refractivity contribution in [3.05, 3.63) is 76.1 Å². The van der Waals surface area contributed by atoms with E-state index in [0.29, 0.717) is 28.6 Å². The molecule has 2 atom stereocenters. The third kappa shape index (κ3) is 6.23. The number of carbonyl (C=O) groups is 1. The second-order valence-electron chi connectivity index (χ2n) is 10.7. The number of rotatable bonds is 9. The summed E-state index contributed by atoms with van der Waals surface area (Å²) in [4.78, 5) is 27.8. The maximum absolute atomic E-state index is 12.8. The van der Waals surface area contributed by atoms with Crippen molar-refractivity contribution in [1.82, 2.24) is 10.3 Å². The number of benzene rings is 2. The molecule has 1 fully saturated rings. The fourth-order valence-corrected chi connectivity index (χ4v) is 5.40. The van der Waals surface area contributed by atoms with Gasteiger partial charge in [-0.15, -0.1) is 0 Å². The number of aliphatic hydroxyl groups is 1. The standard InChI is InChI=1S/C30H38N2O4/c1-4-24(32-30(2,3)19-20-11-7-5-8-12-20)28(34)23-15-17-25(27-22(23)16-18-26(33)31-27)36-29(35)21-13-9-6-10-14-21/h5,7-8,11-12,15-18,21,24,28,32,34H,4,6,9-10,13-14,19H2,1-3H3,(H,31,33). The molecule has 1 heterocycles.